The lowest BCUT2D eigenvalue weighted by Crippen LogP contribution is -2.30. The first-order valence-corrected chi connectivity index (χ1v) is 25.0. The highest BCUT2D eigenvalue weighted by Crippen LogP contribution is 2.10. The zero-order chi connectivity index (χ0) is 45.8. The van der Waals surface area contributed by atoms with Gasteiger partial charge in [-0.15, -0.1) is 0 Å². The lowest BCUT2D eigenvalue weighted by molar-refractivity contribution is -0.167. The van der Waals surface area contributed by atoms with Crippen LogP contribution in [-0.4, -0.2) is 37.2 Å². The van der Waals surface area contributed by atoms with Crippen molar-refractivity contribution in [1.82, 2.24) is 0 Å². The minimum absolute atomic E-state index is 0.130. The Morgan fingerprint density at radius 1 is 0.333 bits per heavy atom. The molecule has 0 amide bonds. The molecule has 0 aliphatic carbocycles. The summed E-state index contributed by atoms with van der Waals surface area (Å²) in [4.78, 5) is 37.9. The number of esters is 3. The van der Waals surface area contributed by atoms with Crippen molar-refractivity contribution in [2.24, 2.45) is 0 Å². The summed E-state index contributed by atoms with van der Waals surface area (Å²) < 4.78 is 16.7. The molecule has 0 aromatic carbocycles. The van der Waals surface area contributed by atoms with Gasteiger partial charge in [0.2, 0.25) is 0 Å². The third kappa shape index (κ3) is 48.7. The summed E-state index contributed by atoms with van der Waals surface area (Å²) in [6.07, 6.45) is 69.0. The van der Waals surface area contributed by atoms with Crippen molar-refractivity contribution in [3.05, 3.63) is 122 Å². The molecule has 0 heterocycles. The van der Waals surface area contributed by atoms with Gasteiger partial charge in [-0.25, -0.2) is 0 Å². The maximum absolute atomic E-state index is 12.8. The fourth-order valence-corrected chi connectivity index (χ4v) is 6.15. The SMILES string of the molecule is CC/C=C\C/C=C\C/C=C\C/C=C\CCCCC(=O)OC(COC(=O)CCCC/C=C\C/C=C\C/C=C\CCCCC)COC(=O)CCCC/C=C\C/C=C\C/C=C\CCCCC. The second kappa shape index (κ2) is 50.5. The van der Waals surface area contributed by atoms with Crippen molar-refractivity contribution in [1.29, 1.82) is 0 Å². The van der Waals surface area contributed by atoms with E-state index in [4.69, 9.17) is 14.2 Å². The zero-order valence-electron chi connectivity index (χ0n) is 40.3. The first-order chi connectivity index (χ1) is 31.0. The van der Waals surface area contributed by atoms with Crippen LogP contribution in [0.2, 0.25) is 0 Å². The van der Waals surface area contributed by atoms with Gasteiger partial charge >= 0.3 is 17.9 Å². The van der Waals surface area contributed by atoms with Crippen LogP contribution in [-0.2, 0) is 28.6 Å². The molecular formula is C57H90O6. The normalized spacial score (nSPS) is 12.7. The third-order valence-corrected chi connectivity index (χ3v) is 9.92. The second-order valence-corrected chi connectivity index (χ2v) is 16.0. The van der Waals surface area contributed by atoms with Crippen LogP contribution in [0.5, 0.6) is 0 Å². The van der Waals surface area contributed by atoms with Gasteiger partial charge in [-0.2, -0.15) is 0 Å². The number of carbonyl (C=O) groups is 3. The van der Waals surface area contributed by atoms with Crippen molar-refractivity contribution in [3.63, 3.8) is 0 Å². The maximum Gasteiger partial charge on any atom is 0.306 e. The van der Waals surface area contributed by atoms with Crippen molar-refractivity contribution >= 4 is 17.9 Å². The van der Waals surface area contributed by atoms with Crippen LogP contribution < -0.4 is 0 Å². The average Bonchev–Trinajstić information content (AvgIpc) is 3.28. The summed E-state index contributed by atoms with van der Waals surface area (Å²) in [6.45, 7) is 6.34. The van der Waals surface area contributed by atoms with E-state index in [1.165, 1.54) is 51.4 Å². The minimum Gasteiger partial charge on any atom is -0.462 e. The summed E-state index contributed by atoms with van der Waals surface area (Å²) in [6, 6.07) is 0. The Hall–Kier alpha value is -4.19. The standard InChI is InChI=1S/C57H90O6/c1-4-7-10-13-16-19-22-25-28-31-34-37-40-43-46-49-55(58)61-52-54(63-57(60)51-48-45-42-39-36-33-30-27-24-21-18-15-12-9-6-3)53-62-56(59)50-47-44-41-38-35-32-29-26-23-20-17-14-11-8-5-2/h9,12,16-21,25-30,34-39,54H,4-8,10-11,13-15,22-24,31-33,40-53H2,1-3H3/b12-9-,19-16-,20-17-,21-18-,28-25-,29-26-,30-27-,37-34-,38-35-,39-36-. The molecule has 0 aliphatic heterocycles. The molecule has 0 saturated carbocycles. The minimum atomic E-state index is -0.834. The molecular weight excluding hydrogens is 781 g/mol. The molecule has 0 bridgehead atoms. The predicted octanol–water partition coefficient (Wildman–Crippen LogP) is 16.5. The fraction of sp³-hybridized carbons (Fsp3) is 0.596. The quantitative estimate of drug-likeness (QED) is 0.0263. The van der Waals surface area contributed by atoms with E-state index in [-0.39, 0.29) is 50.4 Å². The van der Waals surface area contributed by atoms with Gasteiger partial charge in [-0.05, 0) is 135 Å². The molecule has 0 atom stereocenters. The molecule has 0 aliphatic rings. The molecule has 0 fully saturated rings. The molecule has 0 saturated heterocycles. The van der Waals surface area contributed by atoms with Gasteiger partial charge in [0.25, 0.3) is 0 Å². The molecule has 0 unspecified atom stereocenters. The molecule has 354 valence electrons. The van der Waals surface area contributed by atoms with E-state index in [0.29, 0.717) is 19.3 Å². The zero-order valence-corrected chi connectivity index (χ0v) is 40.3. The fourth-order valence-electron chi connectivity index (χ4n) is 6.15. The molecule has 6 heteroatoms. The average molecular weight is 871 g/mol. The number of hydrogen-bond acceptors (Lipinski definition) is 6. The molecule has 0 spiro atoms. The lowest BCUT2D eigenvalue weighted by atomic mass is 10.1. The van der Waals surface area contributed by atoms with E-state index < -0.39 is 6.10 Å². The number of hydrogen-bond donors (Lipinski definition) is 0. The topological polar surface area (TPSA) is 78.9 Å². The summed E-state index contributed by atoms with van der Waals surface area (Å²) in [5.41, 5.74) is 0. The number of allylic oxidation sites excluding steroid dienone is 20. The monoisotopic (exact) mass is 871 g/mol. The second-order valence-electron chi connectivity index (χ2n) is 16.0. The van der Waals surface area contributed by atoms with Crippen molar-refractivity contribution in [2.75, 3.05) is 13.2 Å². The molecule has 6 nitrogen and oxygen atoms in total. The highest BCUT2D eigenvalue weighted by molar-refractivity contribution is 5.71. The Morgan fingerprint density at radius 3 is 0.905 bits per heavy atom. The number of rotatable bonds is 43. The van der Waals surface area contributed by atoms with Crippen LogP contribution in [0.25, 0.3) is 0 Å². The van der Waals surface area contributed by atoms with Gasteiger partial charge in [-0.3, -0.25) is 14.4 Å². The van der Waals surface area contributed by atoms with Crippen LogP contribution in [0.3, 0.4) is 0 Å². The van der Waals surface area contributed by atoms with Crippen LogP contribution in [0.15, 0.2) is 122 Å². The van der Waals surface area contributed by atoms with E-state index in [2.05, 4.69) is 142 Å². The molecule has 0 aromatic rings. The largest absolute Gasteiger partial charge is 0.462 e. The Balaban J connectivity index is 4.61. The predicted molar refractivity (Wildman–Crippen MR) is 269 cm³/mol. The number of ether oxygens (including phenoxy) is 3. The molecule has 0 N–H and O–H groups in total. The third-order valence-electron chi connectivity index (χ3n) is 9.92. The smallest absolute Gasteiger partial charge is 0.306 e. The first kappa shape index (κ1) is 58.8. The van der Waals surface area contributed by atoms with Crippen LogP contribution in [0.4, 0.5) is 0 Å². The van der Waals surface area contributed by atoms with Crippen LogP contribution in [0.1, 0.15) is 201 Å². The van der Waals surface area contributed by atoms with Gasteiger partial charge < -0.3 is 14.2 Å². The van der Waals surface area contributed by atoms with E-state index in [1.807, 2.05) is 0 Å². The summed E-state index contributed by atoms with van der Waals surface area (Å²) >= 11 is 0. The Bertz CT molecular complexity index is 1300. The molecule has 0 radical (unpaired) electrons. The Morgan fingerprint density at radius 2 is 0.603 bits per heavy atom. The van der Waals surface area contributed by atoms with Gasteiger partial charge in [0.1, 0.15) is 13.2 Å². The number of carbonyl (C=O) groups excluding carboxylic acids is 3. The van der Waals surface area contributed by atoms with Crippen molar-refractivity contribution in [2.45, 2.75) is 207 Å². The highest BCUT2D eigenvalue weighted by atomic mass is 16.6. The van der Waals surface area contributed by atoms with Gasteiger partial charge in [-0.1, -0.05) is 168 Å². The summed E-state index contributed by atoms with van der Waals surface area (Å²) in [5.74, 6) is -1.06. The van der Waals surface area contributed by atoms with Crippen molar-refractivity contribution in [3.8, 4) is 0 Å². The van der Waals surface area contributed by atoms with Crippen LogP contribution >= 0.6 is 0 Å². The maximum atomic E-state index is 12.8. The Kier molecular flexibility index (Phi) is 47.1. The van der Waals surface area contributed by atoms with E-state index in [1.54, 1.807) is 0 Å². The van der Waals surface area contributed by atoms with Crippen LogP contribution in [0, 0.1) is 0 Å². The number of unbranched alkanes of at least 4 members (excludes halogenated alkanes) is 12. The van der Waals surface area contributed by atoms with Crippen molar-refractivity contribution < 1.29 is 28.6 Å². The van der Waals surface area contributed by atoms with Gasteiger partial charge in [0.05, 0.1) is 0 Å². The van der Waals surface area contributed by atoms with Gasteiger partial charge in [0.15, 0.2) is 6.10 Å². The molecule has 63 heavy (non-hydrogen) atoms. The lowest BCUT2D eigenvalue weighted by Gasteiger charge is -2.18. The first-order valence-electron chi connectivity index (χ1n) is 25.0. The van der Waals surface area contributed by atoms with Gasteiger partial charge in [0, 0.05) is 19.3 Å². The molecule has 0 aromatic heterocycles. The van der Waals surface area contributed by atoms with E-state index in [9.17, 15) is 14.4 Å². The summed E-state index contributed by atoms with van der Waals surface area (Å²) in [7, 11) is 0. The molecule has 0 rings (SSSR count). The summed E-state index contributed by atoms with van der Waals surface area (Å²) in [5, 5.41) is 0. The Labute approximate surface area is 386 Å². The highest BCUT2D eigenvalue weighted by Gasteiger charge is 2.19. The van der Waals surface area contributed by atoms with E-state index in [0.717, 1.165) is 89.9 Å². The van der Waals surface area contributed by atoms with E-state index >= 15 is 0 Å².